The van der Waals surface area contributed by atoms with Crippen LogP contribution in [-0.4, -0.2) is 17.6 Å². The van der Waals surface area contributed by atoms with Gasteiger partial charge in [0.05, 0.1) is 0 Å². The molecule has 1 heterocycles. The molecule has 0 saturated carbocycles. The monoisotopic (exact) mass is 197 g/mol. The van der Waals surface area contributed by atoms with E-state index >= 15 is 0 Å². The molecule has 3 nitrogen and oxygen atoms in total. The summed E-state index contributed by atoms with van der Waals surface area (Å²) >= 11 is 0. The van der Waals surface area contributed by atoms with Crippen LogP contribution in [0.2, 0.25) is 0 Å². The number of anilines is 1. The summed E-state index contributed by atoms with van der Waals surface area (Å²) in [7, 11) is 0. The molecule has 1 atom stereocenters. The highest BCUT2D eigenvalue weighted by Gasteiger charge is 2.08. The van der Waals surface area contributed by atoms with Crippen LogP contribution >= 0.6 is 0 Å². The summed E-state index contributed by atoms with van der Waals surface area (Å²) in [5.74, 6) is -0.00392. The molecule has 78 valence electrons. The quantitative estimate of drug-likeness (QED) is 0.756. The standard InChI is InChI=1S/C10H16FN3/c1-2-8(5-6-12)14-10-9(11)4-3-7-13-10/h3-4,7-8H,2,5-6,12H2,1H3,(H,13,14). The van der Waals surface area contributed by atoms with Crippen molar-refractivity contribution in [1.82, 2.24) is 4.98 Å². The van der Waals surface area contributed by atoms with E-state index in [0.29, 0.717) is 12.4 Å². The van der Waals surface area contributed by atoms with Crippen LogP contribution in [0.1, 0.15) is 19.8 Å². The van der Waals surface area contributed by atoms with Gasteiger partial charge in [0.25, 0.3) is 0 Å². The summed E-state index contributed by atoms with van der Waals surface area (Å²) in [6, 6.07) is 3.17. The van der Waals surface area contributed by atoms with Gasteiger partial charge in [-0.1, -0.05) is 6.92 Å². The topological polar surface area (TPSA) is 50.9 Å². The average molecular weight is 197 g/mol. The van der Waals surface area contributed by atoms with Crippen LogP contribution in [0.3, 0.4) is 0 Å². The van der Waals surface area contributed by atoms with Crippen molar-refractivity contribution in [3.05, 3.63) is 24.1 Å². The van der Waals surface area contributed by atoms with E-state index in [4.69, 9.17) is 5.73 Å². The van der Waals surface area contributed by atoms with E-state index in [-0.39, 0.29) is 11.9 Å². The number of nitrogens with two attached hydrogens (primary N) is 1. The molecular weight excluding hydrogens is 181 g/mol. The van der Waals surface area contributed by atoms with Crippen LogP contribution in [0.5, 0.6) is 0 Å². The fourth-order valence-electron chi connectivity index (χ4n) is 1.26. The number of aromatic nitrogens is 1. The fourth-order valence-corrected chi connectivity index (χ4v) is 1.26. The molecule has 1 unspecified atom stereocenters. The van der Waals surface area contributed by atoms with Gasteiger partial charge in [-0.15, -0.1) is 0 Å². The molecule has 4 heteroatoms. The van der Waals surface area contributed by atoms with Crippen LogP contribution < -0.4 is 11.1 Å². The van der Waals surface area contributed by atoms with Crippen molar-refractivity contribution < 1.29 is 4.39 Å². The van der Waals surface area contributed by atoms with Gasteiger partial charge in [-0.25, -0.2) is 9.37 Å². The van der Waals surface area contributed by atoms with E-state index in [0.717, 1.165) is 12.8 Å². The number of rotatable bonds is 5. The maximum Gasteiger partial charge on any atom is 0.165 e. The first-order chi connectivity index (χ1) is 6.77. The Bertz CT molecular complexity index is 278. The molecule has 0 amide bonds. The third kappa shape index (κ3) is 2.96. The number of hydrogen-bond acceptors (Lipinski definition) is 3. The Balaban J connectivity index is 2.62. The zero-order chi connectivity index (χ0) is 10.4. The molecule has 0 fully saturated rings. The number of halogens is 1. The number of hydrogen-bond donors (Lipinski definition) is 2. The van der Waals surface area contributed by atoms with Crippen molar-refractivity contribution in [2.24, 2.45) is 5.73 Å². The second-order valence-electron chi connectivity index (χ2n) is 3.16. The van der Waals surface area contributed by atoms with Crippen molar-refractivity contribution in [3.8, 4) is 0 Å². The maximum atomic E-state index is 13.2. The Morgan fingerprint density at radius 2 is 2.43 bits per heavy atom. The second kappa shape index (κ2) is 5.54. The van der Waals surface area contributed by atoms with Crippen molar-refractivity contribution in [2.45, 2.75) is 25.8 Å². The van der Waals surface area contributed by atoms with Crippen molar-refractivity contribution in [2.75, 3.05) is 11.9 Å². The van der Waals surface area contributed by atoms with Gasteiger partial charge in [0.15, 0.2) is 11.6 Å². The van der Waals surface area contributed by atoms with Crippen LogP contribution in [0.4, 0.5) is 10.2 Å². The van der Waals surface area contributed by atoms with Crippen molar-refractivity contribution >= 4 is 5.82 Å². The van der Waals surface area contributed by atoms with Gasteiger partial charge in [-0.3, -0.25) is 0 Å². The average Bonchev–Trinajstić information content (AvgIpc) is 2.20. The highest BCUT2D eigenvalue weighted by Crippen LogP contribution is 2.12. The predicted molar refractivity (Wildman–Crippen MR) is 55.6 cm³/mol. The Hall–Kier alpha value is -1.16. The zero-order valence-corrected chi connectivity index (χ0v) is 8.33. The summed E-state index contributed by atoms with van der Waals surface area (Å²) in [4.78, 5) is 3.92. The summed E-state index contributed by atoms with van der Waals surface area (Å²) in [6.07, 6.45) is 3.31. The van der Waals surface area contributed by atoms with Gasteiger partial charge in [0.2, 0.25) is 0 Å². The summed E-state index contributed by atoms with van der Waals surface area (Å²) in [5.41, 5.74) is 5.44. The van der Waals surface area contributed by atoms with Gasteiger partial charge < -0.3 is 11.1 Å². The van der Waals surface area contributed by atoms with Gasteiger partial charge in [-0.2, -0.15) is 0 Å². The Labute approximate surface area is 83.5 Å². The summed E-state index contributed by atoms with van der Waals surface area (Å²) < 4.78 is 13.2. The third-order valence-corrected chi connectivity index (χ3v) is 2.11. The largest absolute Gasteiger partial charge is 0.365 e. The minimum atomic E-state index is -0.317. The Morgan fingerprint density at radius 1 is 1.64 bits per heavy atom. The van der Waals surface area contributed by atoms with Crippen LogP contribution in [-0.2, 0) is 0 Å². The van der Waals surface area contributed by atoms with Crippen LogP contribution in [0.15, 0.2) is 18.3 Å². The van der Waals surface area contributed by atoms with Gasteiger partial charge in [0, 0.05) is 12.2 Å². The molecule has 0 radical (unpaired) electrons. The van der Waals surface area contributed by atoms with E-state index in [2.05, 4.69) is 10.3 Å². The van der Waals surface area contributed by atoms with Gasteiger partial charge >= 0.3 is 0 Å². The number of pyridine rings is 1. The molecule has 1 aromatic heterocycles. The molecule has 0 aromatic carbocycles. The van der Waals surface area contributed by atoms with E-state index in [9.17, 15) is 4.39 Å². The van der Waals surface area contributed by atoms with E-state index < -0.39 is 0 Å². The lowest BCUT2D eigenvalue weighted by molar-refractivity contribution is 0.601. The Kier molecular flexibility index (Phi) is 4.32. The first kappa shape index (κ1) is 10.9. The normalized spacial score (nSPS) is 12.5. The van der Waals surface area contributed by atoms with Crippen molar-refractivity contribution in [3.63, 3.8) is 0 Å². The van der Waals surface area contributed by atoms with Crippen LogP contribution in [0.25, 0.3) is 0 Å². The molecule has 0 saturated heterocycles. The smallest absolute Gasteiger partial charge is 0.165 e. The molecule has 0 bridgehead atoms. The molecule has 1 aromatic rings. The lowest BCUT2D eigenvalue weighted by atomic mass is 10.1. The first-order valence-electron chi connectivity index (χ1n) is 4.85. The first-order valence-corrected chi connectivity index (χ1v) is 4.85. The molecule has 0 aliphatic heterocycles. The molecule has 0 spiro atoms. The SMILES string of the molecule is CCC(CCN)Nc1ncccc1F. The molecule has 0 aliphatic rings. The van der Waals surface area contributed by atoms with E-state index in [1.165, 1.54) is 6.07 Å². The Morgan fingerprint density at radius 3 is 3.00 bits per heavy atom. The third-order valence-electron chi connectivity index (χ3n) is 2.11. The highest BCUT2D eigenvalue weighted by atomic mass is 19.1. The second-order valence-corrected chi connectivity index (χ2v) is 3.16. The lowest BCUT2D eigenvalue weighted by Gasteiger charge is -2.16. The molecule has 3 N–H and O–H groups in total. The minimum Gasteiger partial charge on any atom is -0.365 e. The summed E-state index contributed by atoms with van der Waals surface area (Å²) in [5, 5.41) is 3.03. The minimum absolute atomic E-state index is 0.199. The zero-order valence-electron chi connectivity index (χ0n) is 8.33. The lowest BCUT2D eigenvalue weighted by Crippen LogP contribution is -2.23. The number of nitrogens with one attached hydrogen (secondary N) is 1. The number of nitrogens with zero attached hydrogens (tertiary/aromatic N) is 1. The highest BCUT2D eigenvalue weighted by molar-refractivity contribution is 5.36. The van der Waals surface area contributed by atoms with Gasteiger partial charge in [0.1, 0.15) is 0 Å². The molecular formula is C10H16FN3. The molecule has 14 heavy (non-hydrogen) atoms. The van der Waals surface area contributed by atoms with Crippen LogP contribution in [0, 0.1) is 5.82 Å². The predicted octanol–water partition coefficient (Wildman–Crippen LogP) is 1.76. The molecule has 0 aliphatic carbocycles. The summed E-state index contributed by atoms with van der Waals surface area (Å²) in [6.45, 7) is 2.63. The molecule has 1 rings (SSSR count). The van der Waals surface area contributed by atoms with E-state index in [1.807, 2.05) is 6.92 Å². The van der Waals surface area contributed by atoms with E-state index in [1.54, 1.807) is 12.3 Å². The van der Waals surface area contributed by atoms with Gasteiger partial charge in [-0.05, 0) is 31.5 Å². The maximum absolute atomic E-state index is 13.2. The fraction of sp³-hybridized carbons (Fsp3) is 0.500. The van der Waals surface area contributed by atoms with Crippen molar-refractivity contribution in [1.29, 1.82) is 0 Å².